The quantitative estimate of drug-likeness (QED) is 0.154. The number of fused-ring (bicyclic) bond motifs is 1. The Kier molecular flexibility index (Phi) is 10.4. The average molecular weight is 759 g/mol. The van der Waals surface area contributed by atoms with Crippen molar-refractivity contribution in [2.24, 2.45) is 5.92 Å². The maximum absolute atomic E-state index is 15.0. The van der Waals surface area contributed by atoms with E-state index in [2.05, 4.69) is 19.6 Å². The number of hydrogen-bond acceptors (Lipinski definition) is 10. The van der Waals surface area contributed by atoms with Crippen molar-refractivity contribution in [3.05, 3.63) is 95.4 Å². The molecule has 3 aromatic carbocycles. The summed E-state index contributed by atoms with van der Waals surface area (Å²) in [7, 11) is -2.59. The van der Waals surface area contributed by atoms with Gasteiger partial charge < -0.3 is 19.1 Å². The van der Waals surface area contributed by atoms with Gasteiger partial charge in [0.25, 0.3) is 15.9 Å². The standard InChI is InChI=1S/C36H34ClF3N4O7S/c1-49-26-10-12-32(31(20-26)51-36(38,39)40)52(47,48)44-29-11-8-24(37)19-28(29)35(34(44)46,27-5-3-4-6-30(27)50-2)21-25(45)9-7-23-13-17-43(18-14-23)33-22-41-15-16-42-33/h3-6,8,10-12,15-16,19-20,22-23H,7,9,13-14,17-18,21H2,1-2H3. The maximum atomic E-state index is 15.0. The number of anilines is 2. The highest BCUT2D eigenvalue weighted by Crippen LogP contribution is 2.54. The number of ketones is 1. The molecule has 0 N–H and O–H groups in total. The number of para-hydroxylation sites is 1. The van der Waals surface area contributed by atoms with Gasteiger partial charge in [-0.3, -0.25) is 14.6 Å². The summed E-state index contributed by atoms with van der Waals surface area (Å²) in [6.07, 6.45) is 1.40. The Morgan fingerprint density at radius 3 is 2.40 bits per heavy atom. The number of aromatic nitrogens is 2. The topological polar surface area (TPSA) is 128 Å². The minimum Gasteiger partial charge on any atom is -0.497 e. The van der Waals surface area contributed by atoms with E-state index in [0.29, 0.717) is 10.7 Å². The van der Waals surface area contributed by atoms with Crippen LogP contribution in [0.1, 0.15) is 43.2 Å². The van der Waals surface area contributed by atoms with Gasteiger partial charge in [-0.2, -0.15) is 0 Å². The number of ether oxygens (including phenoxy) is 3. The van der Waals surface area contributed by atoms with Gasteiger partial charge in [0.05, 0.1) is 26.1 Å². The van der Waals surface area contributed by atoms with E-state index in [1.54, 1.807) is 42.9 Å². The predicted molar refractivity (Wildman–Crippen MR) is 185 cm³/mol. The van der Waals surface area contributed by atoms with E-state index >= 15 is 4.79 Å². The van der Waals surface area contributed by atoms with Gasteiger partial charge in [-0.1, -0.05) is 29.8 Å². The van der Waals surface area contributed by atoms with Crippen molar-refractivity contribution in [2.45, 2.75) is 48.8 Å². The number of amides is 1. The van der Waals surface area contributed by atoms with Crippen LogP contribution < -0.4 is 23.4 Å². The normalized spacial score (nSPS) is 17.9. The van der Waals surface area contributed by atoms with Crippen molar-refractivity contribution in [2.75, 3.05) is 36.5 Å². The van der Waals surface area contributed by atoms with Crippen molar-refractivity contribution >= 4 is 44.8 Å². The molecule has 16 heteroatoms. The molecule has 0 spiro atoms. The summed E-state index contributed by atoms with van der Waals surface area (Å²) >= 11 is 6.46. The smallest absolute Gasteiger partial charge is 0.497 e. The fourth-order valence-corrected chi connectivity index (χ4v) is 8.73. The third-order valence-corrected chi connectivity index (χ3v) is 11.4. The van der Waals surface area contributed by atoms with E-state index in [9.17, 15) is 26.4 Å². The number of piperidine rings is 1. The minimum atomic E-state index is -5.28. The van der Waals surface area contributed by atoms with Crippen LogP contribution >= 0.6 is 11.6 Å². The summed E-state index contributed by atoms with van der Waals surface area (Å²) in [5, 5.41) is 0.137. The van der Waals surface area contributed by atoms with Gasteiger partial charge in [0.1, 0.15) is 33.4 Å². The number of rotatable bonds is 12. The van der Waals surface area contributed by atoms with Gasteiger partial charge in [0, 0.05) is 55.0 Å². The summed E-state index contributed by atoms with van der Waals surface area (Å²) in [5.41, 5.74) is -1.89. The van der Waals surface area contributed by atoms with E-state index in [-0.39, 0.29) is 51.5 Å². The van der Waals surface area contributed by atoms with Crippen LogP contribution in [-0.2, 0) is 25.0 Å². The Labute approximate surface area is 303 Å². The SMILES string of the molecule is COc1ccc(S(=O)(=O)N2C(=O)C(CC(=O)CCC3CCN(c4cnccn4)CC3)(c3ccccc3OC)c3cc(Cl)ccc32)c(OC(F)(F)F)c1. The molecule has 4 aromatic rings. The van der Waals surface area contributed by atoms with E-state index in [4.69, 9.17) is 21.1 Å². The molecule has 1 aromatic heterocycles. The monoisotopic (exact) mass is 758 g/mol. The minimum absolute atomic E-state index is 0.0792. The molecule has 2 aliphatic rings. The van der Waals surface area contributed by atoms with Crippen molar-refractivity contribution in [3.8, 4) is 17.2 Å². The zero-order valence-electron chi connectivity index (χ0n) is 28.1. The number of carbonyl (C=O) groups excluding carboxylic acids is 2. The summed E-state index contributed by atoms with van der Waals surface area (Å²) in [6.45, 7) is 1.45. The average Bonchev–Trinajstić information content (AvgIpc) is 3.37. The zero-order chi connectivity index (χ0) is 37.3. The number of Topliss-reactive ketones (excluding diaryl/α,β-unsaturated/α-hetero) is 1. The highest BCUT2D eigenvalue weighted by atomic mass is 35.5. The highest BCUT2D eigenvalue weighted by Gasteiger charge is 2.58. The lowest BCUT2D eigenvalue weighted by Crippen LogP contribution is -2.45. The first-order valence-electron chi connectivity index (χ1n) is 16.3. The number of nitrogens with zero attached hydrogens (tertiary/aromatic N) is 4. The van der Waals surface area contributed by atoms with Crippen molar-refractivity contribution in [3.63, 3.8) is 0 Å². The molecule has 52 heavy (non-hydrogen) atoms. The fourth-order valence-electron chi connectivity index (χ4n) is 6.97. The first kappa shape index (κ1) is 36.9. The first-order valence-corrected chi connectivity index (χ1v) is 18.1. The van der Waals surface area contributed by atoms with E-state index in [1.807, 2.05) is 0 Å². The number of methoxy groups -OCH3 is 2. The number of hydrogen-bond donors (Lipinski definition) is 0. The van der Waals surface area contributed by atoms with Crippen LogP contribution in [0.2, 0.25) is 5.02 Å². The van der Waals surface area contributed by atoms with Crippen molar-refractivity contribution < 1.29 is 45.4 Å². The maximum Gasteiger partial charge on any atom is 0.573 e. The number of sulfonamides is 1. The zero-order valence-corrected chi connectivity index (χ0v) is 29.7. The molecular weight excluding hydrogens is 725 g/mol. The lowest BCUT2D eigenvalue weighted by molar-refractivity contribution is -0.275. The molecule has 0 aliphatic carbocycles. The van der Waals surface area contributed by atoms with Crippen molar-refractivity contribution in [1.29, 1.82) is 0 Å². The number of benzene rings is 3. The lowest BCUT2D eigenvalue weighted by Gasteiger charge is -2.33. The van der Waals surface area contributed by atoms with Crippen LogP contribution in [0, 0.1) is 5.92 Å². The molecule has 274 valence electrons. The second-order valence-corrected chi connectivity index (χ2v) is 14.6. The van der Waals surface area contributed by atoms with Gasteiger partial charge in [-0.05, 0) is 67.1 Å². The fraction of sp³-hybridized carbons (Fsp3) is 0.333. The van der Waals surface area contributed by atoms with E-state index < -0.39 is 44.8 Å². The molecule has 1 fully saturated rings. The predicted octanol–water partition coefficient (Wildman–Crippen LogP) is 6.72. The first-order chi connectivity index (χ1) is 24.8. The molecule has 2 aliphatic heterocycles. The third kappa shape index (κ3) is 7.11. The van der Waals surface area contributed by atoms with Crippen LogP contribution in [0.15, 0.2) is 84.1 Å². The van der Waals surface area contributed by atoms with Gasteiger partial charge in [0.2, 0.25) is 0 Å². The highest BCUT2D eigenvalue weighted by molar-refractivity contribution is 7.93. The van der Waals surface area contributed by atoms with Crippen LogP contribution in [0.4, 0.5) is 24.7 Å². The molecule has 0 bridgehead atoms. The van der Waals surface area contributed by atoms with Crippen LogP contribution in [0.5, 0.6) is 17.2 Å². The lowest BCUT2D eigenvalue weighted by atomic mass is 9.71. The second-order valence-electron chi connectivity index (χ2n) is 12.5. The Bertz CT molecular complexity index is 2080. The molecule has 0 radical (unpaired) electrons. The van der Waals surface area contributed by atoms with Gasteiger partial charge >= 0.3 is 6.36 Å². The molecule has 1 amide bonds. The molecule has 1 unspecified atom stereocenters. The summed E-state index contributed by atoms with van der Waals surface area (Å²) in [4.78, 5) is 38.7. The van der Waals surface area contributed by atoms with Gasteiger partial charge in [0.15, 0.2) is 5.75 Å². The Morgan fingerprint density at radius 2 is 1.73 bits per heavy atom. The van der Waals surface area contributed by atoms with Gasteiger partial charge in [-0.15, -0.1) is 13.2 Å². The number of carbonyl (C=O) groups is 2. The summed E-state index contributed by atoms with van der Waals surface area (Å²) < 4.78 is 84.8. The molecular formula is C36H34ClF3N4O7S. The Hall–Kier alpha value is -4.89. The molecule has 3 heterocycles. The summed E-state index contributed by atoms with van der Waals surface area (Å²) in [5.74, 6) is -1.47. The number of halogens is 4. The molecule has 1 saturated heterocycles. The second kappa shape index (κ2) is 14.6. The van der Waals surface area contributed by atoms with Crippen LogP contribution in [-0.4, -0.2) is 63.7 Å². The van der Waals surface area contributed by atoms with Crippen LogP contribution in [0.3, 0.4) is 0 Å². The molecule has 6 rings (SSSR count). The van der Waals surface area contributed by atoms with Crippen LogP contribution in [0.25, 0.3) is 0 Å². The van der Waals surface area contributed by atoms with Crippen molar-refractivity contribution in [1.82, 2.24) is 9.97 Å². The summed E-state index contributed by atoms with van der Waals surface area (Å²) in [6, 6.07) is 13.2. The van der Waals surface area contributed by atoms with Gasteiger partial charge in [-0.25, -0.2) is 17.7 Å². The van der Waals surface area contributed by atoms with E-state index in [1.165, 1.54) is 32.4 Å². The molecule has 11 nitrogen and oxygen atoms in total. The largest absolute Gasteiger partial charge is 0.573 e. The van der Waals surface area contributed by atoms with E-state index in [0.717, 1.165) is 49.9 Å². The molecule has 1 atom stereocenters. The number of alkyl halides is 3. The Morgan fingerprint density at radius 1 is 0.981 bits per heavy atom. The molecule has 0 saturated carbocycles. The Balaban J connectivity index is 1.38. The third-order valence-electron chi connectivity index (χ3n) is 9.43.